The van der Waals surface area contributed by atoms with Crippen molar-refractivity contribution in [2.45, 2.75) is 19.6 Å². The summed E-state index contributed by atoms with van der Waals surface area (Å²) in [4.78, 5) is 23.3. The normalized spacial score (nSPS) is 17.5. The number of halogens is 1. The summed E-state index contributed by atoms with van der Waals surface area (Å²) in [5.41, 5.74) is 0.608. The topological polar surface area (TPSA) is 64.6 Å². The van der Waals surface area contributed by atoms with Gasteiger partial charge in [-0.25, -0.2) is 9.59 Å². The van der Waals surface area contributed by atoms with Crippen molar-refractivity contribution in [3.05, 3.63) is 39.6 Å². The SMILES string of the molecule is CC1(C)OC(=O)C(=CNc2ccc(I)cc2)C(=O)O1. The maximum absolute atomic E-state index is 11.7. The summed E-state index contributed by atoms with van der Waals surface area (Å²) in [6, 6.07) is 7.48. The van der Waals surface area contributed by atoms with Crippen LogP contribution in [0.5, 0.6) is 0 Å². The molecule has 0 aromatic heterocycles. The summed E-state index contributed by atoms with van der Waals surface area (Å²) in [5, 5.41) is 2.86. The number of ether oxygens (including phenoxy) is 2. The first-order valence-electron chi connectivity index (χ1n) is 5.56. The molecule has 0 radical (unpaired) electrons. The molecule has 1 aromatic carbocycles. The zero-order valence-corrected chi connectivity index (χ0v) is 12.6. The molecule has 2 rings (SSSR count). The second kappa shape index (κ2) is 5.20. The lowest BCUT2D eigenvalue weighted by Gasteiger charge is -2.29. The first kappa shape index (κ1) is 13.9. The number of carbonyl (C=O) groups is 2. The van der Waals surface area contributed by atoms with Gasteiger partial charge in [0.15, 0.2) is 5.57 Å². The van der Waals surface area contributed by atoms with Crippen LogP contribution >= 0.6 is 22.6 Å². The number of nitrogens with one attached hydrogen (secondary N) is 1. The van der Waals surface area contributed by atoms with E-state index >= 15 is 0 Å². The van der Waals surface area contributed by atoms with E-state index in [1.165, 1.54) is 20.0 Å². The highest BCUT2D eigenvalue weighted by molar-refractivity contribution is 14.1. The fourth-order valence-electron chi connectivity index (χ4n) is 1.48. The van der Waals surface area contributed by atoms with E-state index in [0.717, 1.165) is 9.26 Å². The van der Waals surface area contributed by atoms with Gasteiger partial charge in [0.05, 0.1) is 0 Å². The molecule has 0 unspecified atom stereocenters. The van der Waals surface area contributed by atoms with Gasteiger partial charge < -0.3 is 14.8 Å². The zero-order valence-electron chi connectivity index (χ0n) is 10.4. The lowest BCUT2D eigenvalue weighted by atomic mass is 10.2. The van der Waals surface area contributed by atoms with Crippen molar-refractivity contribution in [2.75, 3.05) is 5.32 Å². The Labute approximate surface area is 124 Å². The third-order valence-corrected chi connectivity index (χ3v) is 3.06. The van der Waals surface area contributed by atoms with Crippen LogP contribution in [0, 0.1) is 3.57 Å². The van der Waals surface area contributed by atoms with Gasteiger partial charge in [-0.2, -0.15) is 0 Å². The monoisotopic (exact) mass is 373 g/mol. The average Bonchev–Trinajstić information content (AvgIpc) is 2.29. The number of benzene rings is 1. The number of cyclic esters (lactones) is 2. The highest BCUT2D eigenvalue weighted by Crippen LogP contribution is 2.22. The van der Waals surface area contributed by atoms with Crippen molar-refractivity contribution >= 4 is 40.2 Å². The lowest BCUT2D eigenvalue weighted by molar-refractivity contribution is -0.222. The molecule has 1 aliphatic heterocycles. The molecular formula is C13H12INO4. The van der Waals surface area contributed by atoms with Crippen LogP contribution in [0.2, 0.25) is 0 Å². The molecule has 0 atom stereocenters. The number of hydrogen-bond acceptors (Lipinski definition) is 5. The summed E-state index contributed by atoms with van der Waals surface area (Å²) < 4.78 is 11.0. The van der Waals surface area contributed by atoms with Crippen LogP contribution in [0.3, 0.4) is 0 Å². The Morgan fingerprint density at radius 1 is 1.11 bits per heavy atom. The van der Waals surface area contributed by atoms with Crippen LogP contribution in [-0.4, -0.2) is 17.7 Å². The summed E-state index contributed by atoms with van der Waals surface area (Å²) in [5.74, 6) is -2.60. The number of rotatable bonds is 2. The molecule has 0 bridgehead atoms. The van der Waals surface area contributed by atoms with Crippen molar-refractivity contribution in [3.63, 3.8) is 0 Å². The molecule has 6 heteroatoms. The molecule has 1 heterocycles. The Bertz CT molecular complexity index is 526. The molecule has 1 N–H and O–H groups in total. The van der Waals surface area contributed by atoms with Gasteiger partial charge in [0.25, 0.3) is 5.79 Å². The van der Waals surface area contributed by atoms with E-state index in [2.05, 4.69) is 27.9 Å². The zero-order chi connectivity index (χ0) is 14.0. The Morgan fingerprint density at radius 3 is 2.16 bits per heavy atom. The van der Waals surface area contributed by atoms with E-state index in [1.54, 1.807) is 0 Å². The Kier molecular flexibility index (Phi) is 3.79. The van der Waals surface area contributed by atoms with Gasteiger partial charge >= 0.3 is 11.9 Å². The molecule has 100 valence electrons. The molecule has 0 amide bonds. The summed E-state index contributed by atoms with van der Waals surface area (Å²) >= 11 is 2.19. The first-order valence-corrected chi connectivity index (χ1v) is 6.64. The molecular weight excluding hydrogens is 361 g/mol. The van der Waals surface area contributed by atoms with Gasteiger partial charge in [-0.15, -0.1) is 0 Å². The second-order valence-electron chi connectivity index (χ2n) is 4.39. The van der Waals surface area contributed by atoms with Crippen molar-refractivity contribution in [1.29, 1.82) is 0 Å². The fraction of sp³-hybridized carbons (Fsp3) is 0.231. The van der Waals surface area contributed by atoms with Gasteiger partial charge in [0.2, 0.25) is 0 Å². The van der Waals surface area contributed by atoms with E-state index in [-0.39, 0.29) is 5.57 Å². The summed E-state index contributed by atoms with van der Waals surface area (Å²) in [6.45, 7) is 3.01. The van der Waals surface area contributed by atoms with Crippen LogP contribution in [-0.2, 0) is 19.1 Å². The van der Waals surface area contributed by atoms with E-state index in [9.17, 15) is 9.59 Å². The minimum atomic E-state index is -1.21. The van der Waals surface area contributed by atoms with Gasteiger partial charge in [-0.05, 0) is 46.9 Å². The minimum absolute atomic E-state index is 0.155. The predicted molar refractivity (Wildman–Crippen MR) is 77.1 cm³/mol. The molecule has 5 nitrogen and oxygen atoms in total. The highest BCUT2D eigenvalue weighted by atomic mass is 127. The molecule has 1 fully saturated rings. The fourth-order valence-corrected chi connectivity index (χ4v) is 1.84. The first-order chi connectivity index (χ1) is 8.87. The maximum atomic E-state index is 11.7. The average molecular weight is 373 g/mol. The van der Waals surface area contributed by atoms with E-state index < -0.39 is 17.7 Å². The Hall–Kier alpha value is -1.57. The Balaban J connectivity index is 2.13. The highest BCUT2D eigenvalue weighted by Gasteiger charge is 2.38. The summed E-state index contributed by atoms with van der Waals surface area (Å²) in [6.07, 6.45) is 1.29. The predicted octanol–water partition coefficient (Wildman–Crippen LogP) is 2.42. The van der Waals surface area contributed by atoms with Crippen LogP contribution in [0.1, 0.15) is 13.8 Å². The lowest BCUT2D eigenvalue weighted by Crippen LogP contribution is -2.42. The number of esters is 2. The van der Waals surface area contributed by atoms with Crippen LogP contribution in [0.4, 0.5) is 5.69 Å². The summed E-state index contributed by atoms with van der Waals surface area (Å²) in [7, 11) is 0. The number of anilines is 1. The molecule has 19 heavy (non-hydrogen) atoms. The van der Waals surface area contributed by atoms with Crippen molar-refractivity contribution in [2.24, 2.45) is 0 Å². The number of carbonyl (C=O) groups excluding carboxylic acids is 2. The van der Waals surface area contributed by atoms with Crippen LogP contribution in [0.15, 0.2) is 36.0 Å². The van der Waals surface area contributed by atoms with Gasteiger partial charge in [0, 0.05) is 29.3 Å². The van der Waals surface area contributed by atoms with Crippen molar-refractivity contribution in [3.8, 4) is 0 Å². The molecule has 1 aromatic rings. The minimum Gasteiger partial charge on any atom is -0.419 e. The van der Waals surface area contributed by atoms with Gasteiger partial charge in [0.1, 0.15) is 0 Å². The molecule has 0 saturated carbocycles. The second-order valence-corrected chi connectivity index (χ2v) is 5.63. The molecule has 0 spiro atoms. The third kappa shape index (κ3) is 3.46. The van der Waals surface area contributed by atoms with E-state index in [4.69, 9.17) is 9.47 Å². The van der Waals surface area contributed by atoms with Crippen molar-refractivity contribution < 1.29 is 19.1 Å². The quantitative estimate of drug-likeness (QED) is 0.373. The van der Waals surface area contributed by atoms with Crippen molar-refractivity contribution in [1.82, 2.24) is 0 Å². The van der Waals surface area contributed by atoms with Gasteiger partial charge in [-0.3, -0.25) is 0 Å². The van der Waals surface area contributed by atoms with E-state index in [1.807, 2.05) is 24.3 Å². The number of hydrogen-bond donors (Lipinski definition) is 1. The molecule has 1 saturated heterocycles. The largest absolute Gasteiger partial charge is 0.419 e. The van der Waals surface area contributed by atoms with E-state index in [0.29, 0.717) is 0 Å². The van der Waals surface area contributed by atoms with Crippen LogP contribution < -0.4 is 5.32 Å². The smallest absolute Gasteiger partial charge is 0.350 e. The third-order valence-electron chi connectivity index (χ3n) is 2.34. The van der Waals surface area contributed by atoms with Gasteiger partial charge in [-0.1, -0.05) is 0 Å². The molecule has 1 aliphatic rings. The molecule has 0 aliphatic carbocycles. The van der Waals surface area contributed by atoms with Crippen LogP contribution in [0.25, 0.3) is 0 Å². The standard InChI is InChI=1S/C13H12INO4/c1-13(2)18-11(16)10(12(17)19-13)7-15-9-5-3-8(14)4-6-9/h3-7,15H,1-2H3. The Morgan fingerprint density at radius 2 is 1.63 bits per heavy atom. The maximum Gasteiger partial charge on any atom is 0.350 e.